The SMILES string of the molecule is CCOC(=O)c1c(NC(=O)Cn2cnc3sc(C(=O)Nc4ccc(C)cc4C)c(C)c3c2=O)sc2c1CCC(C)C2. The first-order valence-corrected chi connectivity index (χ1v) is 15.2. The minimum atomic E-state index is -0.453. The molecule has 0 radical (unpaired) electrons. The number of nitrogens with one attached hydrogen (secondary N) is 2. The smallest absolute Gasteiger partial charge is 0.341 e. The molecule has 41 heavy (non-hydrogen) atoms. The first-order valence-electron chi connectivity index (χ1n) is 13.6. The van der Waals surface area contributed by atoms with Gasteiger partial charge in [-0.3, -0.25) is 19.0 Å². The molecular formula is C30H32N4O5S2. The molecule has 0 aliphatic heterocycles. The number of nitrogens with zero attached hydrogens (tertiary/aromatic N) is 2. The molecule has 0 saturated heterocycles. The summed E-state index contributed by atoms with van der Waals surface area (Å²) >= 11 is 2.54. The molecule has 9 nitrogen and oxygen atoms in total. The lowest BCUT2D eigenvalue weighted by Crippen LogP contribution is -2.28. The fourth-order valence-corrected chi connectivity index (χ4v) is 7.65. The van der Waals surface area contributed by atoms with Crippen LogP contribution in [0.3, 0.4) is 0 Å². The van der Waals surface area contributed by atoms with Crippen molar-refractivity contribution in [3.63, 3.8) is 0 Å². The first kappa shape index (κ1) is 28.7. The maximum atomic E-state index is 13.4. The highest BCUT2D eigenvalue weighted by atomic mass is 32.1. The van der Waals surface area contributed by atoms with Gasteiger partial charge < -0.3 is 15.4 Å². The molecule has 0 bridgehead atoms. The summed E-state index contributed by atoms with van der Waals surface area (Å²) in [6, 6.07) is 5.76. The average molecular weight is 593 g/mol. The number of aryl methyl sites for hydroxylation is 3. The van der Waals surface area contributed by atoms with E-state index < -0.39 is 17.4 Å². The first-order chi connectivity index (χ1) is 19.6. The van der Waals surface area contributed by atoms with E-state index in [4.69, 9.17) is 4.74 Å². The van der Waals surface area contributed by atoms with Gasteiger partial charge in [0.1, 0.15) is 16.4 Å². The number of benzene rings is 1. The minimum absolute atomic E-state index is 0.235. The summed E-state index contributed by atoms with van der Waals surface area (Å²) in [6.45, 7) is 9.49. The molecule has 0 fully saturated rings. The van der Waals surface area contributed by atoms with Gasteiger partial charge in [-0.05, 0) is 75.6 Å². The van der Waals surface area contributed by atoms with Gasteiger partial charge in [-0.25, -0.2) is 9.78 Å². The van der Waals surface area contributed by atoms with Gasteiger partial charge in [0.15, 0.2) is 0 Å². The Labute approximate surface area is 245 Å². The van der Waals surface area contributed by atoms with Crippen LogP contribution >= 0.6 is 22.7 Å². The number of rotatable bonds is 7. The van der Waals surface area contributed by atoms with Gasteiger partial charge in [0.2, 0.25) is 5.91 Å². The number of carbonyl (C=O) groups is 3. The van der Waals surface area contributed by atoms with E-state index in [-0.39, 0.29) is 19.1 Å². The van der Waals surface area contributed by atoms with Crippen LogP contribution in [-0.4, -0.2) is 33.9 Å². The van der Waals surface area contributed by atoms with E-state index >= 15 is 0 Å². The fraction of sp³-hybridized carbons (Fsp3) is 0.367. The molecule has 0 spiro atoms. The van der Waals surface area contributed by atoms with Crippen molar-refractivity contribution in [2.24, 2.45) is 5.92 Å². The van der Waals surface area contributed by atoms with Crippen molar-refractivity contribution in [1.29, 1.82) is 0 Å². The molecule has 5 rings (SSSR count). The summed E-state index contributed by atoms with van der Waals surface area (Å²) < 4.78 is 6.52. The Bertz CT molecular complexity index is 1750. The van der Waals surface area contributed by atoms with Crippen LogP contribution in [0, 0.1) is 26.7 Å². The molecule has 214 valence electrons. The molecular weight excluding hydrogens is 560 g/mol. The molecule has 3 aromatic heterocycles. The number of anilines is 2. The number of ether oxygens (including phenoxy) is 1. The Hall–Kier alpha value is -3.83. The third-order valence-corrected chi connectivity index (χ3v) is 9.68. The van der Waals surface area contributed by atoms with Crippen molar-refractivity contribution in [3.05, 3.63) is 72.5 Å². The minimum Gasteiger partial charge on any atom is -0.462 e. The van der Waals surface area contributed by atoms with E-state index in [0.717, 1.165) is 52.2 Å². The highest BCUT2D eigenvalue weighted by Crippen LogP contribution is 2.40. The molecule has 11 heteroatoms. The van der Waals surface area contributed by atoms with E-state index in [1.165, 1.54) is 22.2 Å². The van der Waals surface area contributed by atoms with Crippen LogP contribution in [0.15, 0.2) is 29.3 Å². The van der Waals surface area contributed by atoms with Crippen LogP contribution in [0.5, 0.6) is 0 Å². The monoisotopic (exact) mass is 592 g/mol. The Morgan fingerprint density at radius 1 is 1.15 bits per heavy atom. The fourth-order valence-electron chi connectivity index (χ4n) is 5.20. The molecule has 2 amide bonds. The summed E-state index contributed by atoms with van der Waals surface area (Å²) in [5.74, 6) is -0.719. The Morgan fingerprint density at radius 3 is 2.66 bits per heavy atom. The van der Waals surface area contributed by atoms with E-state index in [2.05, 4.69) is 22.5 Å². The van der Waals surface area contributed by atoms with Gasteiger partial charge in [0.05, 0.1) is 28.8 Å². The van der Waals surface area contributed by atoms with Crippen LogP contribution in [0.4, 0.5) is 10.7 Å². The zero-order valence-corrected chi connectivity index (χ0v) is 25.3. The lowest BCUT2D eigenvalue weighted by Gasteiger charge is -2.18. The molecule has 1 aliphatic carbocycles. The molecule has 1 aliphatic rings. The maximum absolute atomic E-state index is 13.4. The van der Waals surface area contributed by atoms with Crippen LogP contribution in [-0.2, 0) is 28.9 Å². The second kappa shape index (κ2) is 11.6. The Kier molecular flexibility index (Phi) is 8.10. The summed E-state index contributed by atoms with van der Waals surface area (Å²) in [5.41, 5.74) is 4.21. The quantitative estimate of drug-likeness (QED) is 0.268. The van der Waals surface area contributed by atoms with Crippen molar-refractivity contribution in [1.82, 2.24) is 9.55 Å². The molecule has 3 heterocycles. The van der Waals surface area contributed by atoms with Crippen molar-refractivity contribution in [2.75, 3.05) is 17.2 Å². The van der Waals surface area contributed by atoms with Gasteiger partial charge in [-0.1, -0.05) is 24.6 Å². The predicted octanol–water partition coefficient (Wildman–Crippen LogP) is 5.64. The normalized spacial score (nSPS) is 14.5. The van der Waals surface area contributed by atoms with Crippen LogP contribution in [0.25, 0.3) is 10.2 Å². The number of aromatic nitrogens is 2. The third kappa shape index (κ3) is 5.69. The zero-order valence-electron chi connectivity index (χ0n) is 23.7. The van der Waals surface area contributed by atoms with Crippen LogP contribution < -0.4 is 16.2 Å². The number of esters is 1. The highest BCUT2D eigenvalue weighted by Gasteiger charge is 2.29. The van der Waals surface area contributed by atoms with E-state index in [9.17, 15) is 19.2 Å². The molecule has 1 unspecified atom stereocenters. The lowest BCUT2D eigenvalue weighted by atomic mass is 9.88. The number of fused-ring (bicyclic) bond motifs is 2. The van der Waals surface area contributed by atoms with E-state index in [0.29, 0.717) is 42.8 Å². The topological polar surface area (TPSA) is 119 Å². The van der Waals surface area contributed by atoms with Gasteiger partial charge in [-0.2, -0.15) is 0 Å². The summed E-state index contributed by atoms with van der Waals surface area (Å²) in [6.07, 6.45) is 3.89. The number of carbonyl (C=O) groups excluding carboxylic acids is 3. The average Bonchev–Trinajstić information content (AvgIpc) is 3.44. The number of hydrogen-bond acceptors (Lipinski definition) is 8. The standard InChI is InChI=1S/C30H32N4O5S2/c1-6-39-30(38)24-19-9-7-16(3)12-21(19)40-28(24)33-22(35)13-34-14-31-27-23(29(34)37)18(5)25(41-27)26(36)32-20-10-8-15(2)11-17(20)4/h8,10-11,14,16H,6-7,9,12-13H2,1-5H3,(H,32,36)(H,33,35). The maximum Gasteiger partial charge on any atom is 0.341 e. The lowest BCUT2D eigenvalue weighted by molar-refractivity contribution is -0.116. The van der Waals surface area contributed by atoms with Crippen molar-refractivity contribution >= 4 is 61.4 Å². The zero-order chi connectivity index (χ0) is 29.4. The van der Waals surface area contributed by atoms with Gasteiger partial charge in [0, 0.05) is 10.6 Å². The molecule has 2 N–H and O–H groups in total. The Morgan fingerprint density at radius 2 is 1.93 bits per heavy atom. The van der Waals surface area contributed by atoms with Crippen molar-refractivity contribution < 1.29 is 19.1 Å². The Balaban J connectivity index is 1.39. The molecule has 1 aromatic carbocycles. The van der Waals surface area contributed by atoms with Gasteiger partial charge >= 0.3 is 5.97 Å². The molecule has 4 aromatic rings. The van der Waals surface area contributed by atoms with E-state index in [1.807, 2.05) is 32.0 Å². The third-order valence-electron chi connectivity index (χ3n) is 7.31. The van der Waals surface area contributed by atoms with Crippen molar-refractivity contribution in [3.8, 4) is 0 Å². The molecule has 1 atom stereocenters. The number of thiophene rings is 2. The number of hydrogen-bond donors (Lipinski definition) is 2. The predicted molar refractivity (Wildman–Crippen MR) is 163 cm³/mol. The van der Waals surface area contributed by atoms with Crippen molar-refractivity contribution in [2.45, 2.75) is 60.4 Å². The van der Waals surface area contributed by atoms with E-state index in [1.54, 1.807) is 13.8 Å². The molecule has 0 saturated carbocycles. The summed E-state index contributed by atoms with van der Waals surface area (Å²) in [7, 11) is 0. The van der Waals surface area contributed by atoms with Crippen LogP contribution in [0.1, 0.15) is 67.4 Å². The van der Waals surface area contributed by atoms with Gasteiger partial charge in [0.25, 0.3) is 11.5 Å². The summed E-state index contributed by atoms with van der Waals surface area (Å²) in [4.78, 5) is 58.8. The number of amides is 2. The summed E-state index contributed by atoms with van der Waals surface area (Å²) in [5, 5.41) is 6.54. The largest absolute Gasteiger partial charge is 0.462 e. The second-order valence-corrected chi connectivity index (χ2v) is 12.6. The second-order valence-electron chi connectivity index (χ2n) is 10.5. The highest BCUT2D eigenvalue weighted by molar-refractivity contribution is 7.20. The van der Waals surface area contributed by atoms with Crippen LogP contribution in [0.2, 0.25) is 0 Å². The van der Waals surface area contributed by atoms with Gasteiger partial charge in [-0.15, -0.1) is 22.7 Å².